The second-order valence-corrected chi connectivity index (χ2v) is 7.00. The average molecular weight is 296 g/mol. The van der Waals surface area contributed by atoms with Crippen LogP contribution in [0.3, 0.4) is 0 Å². The van der Waals surface area contributed by atoms with Crippen LogP contribution in [-0.4, -0.2) is 59.7 Å². The molecule has 0 bridgehead atoms. The predicted octanol–water partition coefficient (Wildman–Crippen LogP) is 1.41. The number of nitrogens with zero attached hydrogens (tertiary/aromatic N) is 3. The highest BCUT2D eigenvalue weighted by atomic mass is 32.1. The van der Waals surface area contributed by atoms with Crippen molar-refractivity contribution < 1.29 is 4.74 Å². The van der Waals surface area contributed by atoms with Crippen LogP contribution in [0.5, 0.6) is 0 Å². The lowest BCUT2D eigenvalue weighted by molar-refractivity contribution is -0.0437. The minimum atomic E-state index is 0.391. The van der Waals surface area contributed by atoms with Crippen molar-refractivity contribution in [3.05, 3.63) is 11.1 Å². The molecular formula is C14H24N4OS. The fourth-order valence-electron chi connectivity index (χ4n) is 3.24. The van der Waals surface area contributed by atoms with Crippen LogP contribution in [0.4, 0.5) is 5.13 Å². The van der Waals surface area contributed by atoms with E-state index in [-0.39, 0.29) is 0 Å². The number of thiazole rings is 1. The van der Waals surface area contributed by atoms with E-state index < -0.39 is 0 Å². The van der Waals surface area contributed by atoms with Gasteiger partial charge in [-0.25, -0.2) is 4.98 Å². The monoisotopic (exact) mass is 296 g/mol. The summed E-state index contributed by atoms with van der Waals surface area (Å²) in [5, 5.41) is 0.678. The summed E-state index contributed by atoms with van der Waals surface area (Å²) < 4.78 is 5.63. The molecule has 3 rings (SSSR count). The zero-order chi connectivity index (χ0) is 13.9. The highest BCUT2D eigenvalue weighted by Gasteiger charge is 2.27. The first-order valence-corrected chi connectivity index (χ1v) is 8.30. The van der Waals surface area contributed by atoms with Gasteiger partial charge in [0.2, 0.25) is 0 Å². The van der Waals surface area contributed by atoms with Gasteiger partial charge in [-0.3, -0.25) is 9.80 Å². The largest absolute Gasteiger partial charge is 0.376 e. The Balaban J connectivity index is 1.47. The Morgan fingerprint density at radius 1 is 1.40 bits per heavy atom. The fraction of sp³-hybridized carbons (Fsp3) is 0.786. The quantitative estimate of drug-likeness (QED) is 0.914. The molecule has 0 aromatic carbocycles. The standard InChI is InChI=1S/C14H24N4OS/c1-11-9-18(6-7-19-11)12-2-4-17(5-3-12)10-13-8-16-14(15)20-13/h8,11-12H,2-7,9-10H2,1H3,(H2,15,16). The Morgan fingerprint density at radius 2 is 2.20 bits per heavy atom. The van der Waals surface area contributed by atoms with E-state index in [9.17, 15) is 0 Å². The Morgan fingerprint density at radius 3 is 2.85 bits per heavy atom. The molecule has 20 heavy (non-hydrogen) atoms. The molecule has 1 aromatic rings. The van der Waals surface area contributed by atoms with Crippen molar-refractivity contribution >= 4 is 16.5 Å². The average Bonchev–Trinajstić information content (AvgIpc) is 2.85. The Kier molecular flexibility index (Phi) is 4.55. The zero-order valence-electron chi connectivity index (χ0n) is 12.1. The summed E-state index contributed by atoms with van der Waals surface area (Å²) in [5.74, 6) is 0. The lowest BCUT2D eigenvalue weighted by Gasteiger charge is -2.41. The van der Waals surface area contributed by atoms with Gasteiger partial charge in [0.05, 0.1) is 12.7 Å². The minimum absolute atomic E-state index is 0.391. The molecule has 5 nitrogen and oxygen atoms in total. The third kappa shape index (κ3) is 3.49. The third-order valence-corrected chi connectivity index (χ3v) is 5.11. The van der Waals surface area contributed by atoms with Crippen LogP contribution >= 0.6 is 11.3 Å². The van der Waals surface area contributed by atoms with Gasteiger partial charge >= 0.3 is 0 Å². The predicted molar refractivity (Wildman–Crippen MR) is 81.8 cm³/mol. The summed E-state index contributed by atoms with van der Waals surface area (Å²) in [4.78, 5) is 10.5. The van der Waals surface area contributed by atoms with E-state index in [0.717, 1.165) is 32.3 Å². The van der Waals surface area contributed by atoms with Crippen LogP contribution in [0.2, 0.25) is 0 Å². The molecule has 1 unspecified atom stereocenters. The second kappa shape index (κ2) is 6.39. The van der Waals surface area contributed by atoms with Gasteiger partial charge in [-0.15, -0.1) is 11.3 Å². The molecule has 112 valence electrons. The number of aromatic nitrogens is 1. The Hall–Kier alpha value is -0.690. The first kappa shape index (κ1) is 14.3. The molecule has 3 heterocycles. The van der Waals surface area contributed by atoms with Gasteiger partial charge in [0.1, 0.15) is 0 Å². The molecule has 0 amide bonds. The number of nitrogens with two attached hydrogens (primary N) is 1. The van der Waals surface area contributed by atoms with Crippen molar-refractivity contribution in [3.8, 4) is 0 Å². The summed E-state index contributed by atoms with van der Waals surface area (Å²) in [6.07, 6.45) is 4.83. The number of nitrogen functional groups attached to an aromatic ring is 1. The molecule has 2 N–H and O–H groups in total. The number of likely N-dealkylation sites (tertiary alicyclic amines) is 1. The van der Waals surface area contributed by atoms with Gasteiger partial charge in [-0.2, -0.15) is 0 Å². The molecule has 2 saturated heterocycles. The lowest BCUT2D eigenvalue weighted by atomic mass is 10.0. The molecule has 1 aromatic heterocycles. The van der Waals surface area contributed by atoms with E-state index in [1.165, 1.54) is 30.8 Å². The van der Waals surface area contributed by atoms with Crippen molar-refractivity contribution in [2.45, 2.75) is 38.5 Å². The molecule has 2 fully saturated rings. The first-order chi connectivity index (χ1) is 9.70. The maximum Gasteiger partial charge on any atom is 0.180 e. The van der Waals surface area contributed by atoms with Gasteiger partial charge in [0.25, 0.3) is 0 Å². The van der Waals surface area contributed by atoms with Gasteiger partial charge in [0, 0.05) is 49.8 Å². The third-order valence-electron chi connectivity index (χ3n) is 4.30. The molecule has 2 aliphatic heterocycles. The molecule has 0 spiro atoms. The van der Waals surface area contributed by atoms with Crippen molar-refractivity contribution in [1.29, 1.82) is 0 Å². The molecule has 0 aliphatic carbocycles. The SMILES string of the molecule is CC1CN(C2CCN(Cc3cnc(N)s3)CC2)CCO1. The topological polar surface area (TPSA) is 54.6 Å². The highest BCUT2D eigenvalue weighted by Crippen LogP contribution is 2.22. The zero-order valence-corrected chi connectivity index (χ0v) is 12.9. The summed E-state index contributed by atoms with van der Waals surface area (Å²) in [5.41, 5.74) is 5.69. The van der Waals surface area contributed by atoms with Crippen LogP contribution in [0.15, 0.2) is 6.20 Å². The van der Waals surface area contributed by atoms with Gasteiger partial charge in [-0.1, -0.05) is 0 Å². The fourth-order valence-corrected chi connectivity index (χ4v) is 3.96. The molecule has 0 saturated carbocycles. The maximum absolute atomic E-state index is 5.69. The summed E-state index contributed by atoms with van der Waals surface area (Å²) in [7, 11) is 0. The summed E-state index contributed by atoms with van der Waals surface area (Å²) in [6.45, 7) is 8.61. The maximum atomic E-state index is 5.69. The normalized spacial score (nSPS) is 26.9. The van der Waals surface area contributed by atoms with E-state index in [2.05, 4.69) is 21.7 Å². The van der Waals surface area contributed by atoms with E-state index in [1.807, 2.05) is 6.20 Å². The number of morpholine rings is 1. The Bertz CT molecular complexity index is 431. The number of ether oxygens (including phenoxy) is 1. The number of hydrogen-bond acceptors (Lipinski definition) is 6. The van der Waals surface area contributed by atoms with Crippen LogP contribution in [0, 0.1) is 0 Å². The first-order valence-electron chi connectivity index (χ1n) is 7.49. The number of hydrogen-bond donors (Lipinski definition) is 1. The van der Waals surface area contributed by atoms with Crippen molar-refractivity contribution in [2.75, 3.05) is 38.5 Å². The van der Waals surface area contributed by atoms with Crippen molar-refractivity contribution in [3.63, 3.8) is 0 Å². The van der Waals surface area contributed by atoms with Gasteiger partial charge in [0.15, 0.2) is 5.13 Å². The van der Waals surface area contributed by atoms with E-state index >= 15 is 0 Å². The van der Waals surface area contributed by atoms with Crippen LogP contribution in [0.25, 0.3) is 0 Å². The second-order valence-electron chi connectivity index (χ2n) is 5.85. The number of piperidine rings is 1. The smallest absolute Gasteiger partial charge is 0.180 e. The van der Waals surface area contributed by atoms with Gasteiger partial charge in [-0.05, 0) is 19.8 Å². The van der Waals surface area contributed by atoms with Crippen LogP contribution < -0.4 is 5.73 Å². The molecule has 0 radical (unpaired) electrons. The highest BCUT2D eigenvalue weighted by molar-refractivity contribution is 7.15. The van der Waals surface area contributed by atoms with Crippen LogP contribution in [0.1, 0.15) is 24.6 Å². The van der Waals surface area contributed by atoms with E-state index in [4.69, 9.17) is 10.5 Å². The summed E-state index contributed by atoms with van der Waals surface area (Å²) >= 11 is 1.61. The lowest BCUT2D eigenvalue weighted by Crippen LogP contribution is -2.50. The number of rotatable bonds is 3. The van der Waals surface area contributed by atoms with Crippen molar-refractivity contribution in [1.82, 2.24) is 14.8 Å². The number of anilines is 1. The van der Waals surface area contributed by atoms with Crippen molar-refractivity contribution in [2.24, 2.45) is 0 Å². The van der Waals surface area contributed by atoms with Crippen LogP contribution in [-0.2, 0) is 11.3 Å². The van der Waals surface area contributed by atoms with E-state index in [1.54, 1.807) is 11.3 Å². The molecule has 6 heteroatoms. The van der Waals surface area contributed by atoms with E-state index in [0.29, 0.717) is 11.2 Å². The summed E-state index contributed by atoms with van der Waals surface area (Å²) in [6, 6.07) is 0.740. The minimum Gasteiger partial charge on any atom is -0.376 e. The molecule has 1 atom stereocenters. The van der Waals surface area contributed by atoms with Gasteiger partial charge < -0.3 is 10.5 Å². The molecular weight excluding hydrogens is 272 g/mol. The Labute approximate surface area is 124 Å². The molecule has 2 aliphatic rings.